The van der Waals surface area contributed by atoms with E-state index in [4.69, 9.17) is 0 Å². The number of piperazine rings is 1. The molecule has 0 aromatic heterocycles. The lowest BCUT2D eigenvalue weighted by Crippen LogP contribution is -2.48. The highest BCUT2D eigenvalue weighted by atomic mass is 32.2. The number of hydrogen-bond acceptors (Lipinski definition) is 8. The van der Waals surface area contributed by atoms with Crippen LogP contribution in [-0.4, -0.2) is 79.2 Å². The van der Waals surface area contributed by atoms with Crippen molar-refractivity contribution in [3.05, 3.63) is 59.7 Å². The largest absolute Gasteiger partial charge is 0.368 e. The van der Waals surface area contributed by atoms with E-state index in [9.17, 15) is 18.0 Å². The molecule has 0 radical (unpaired) electrons. The number of sulfone groups is 1. The van der Waals surface area contributed by atoms with Gasteiger partial charge in [0.25, 0.3) is 5.91 Å². The molecule has 3 aliphatic heterocycles. The Morgan fingerprint density at radius 3 is 2.41 bits per heavy atom. The van der Waals surface area contributed by atoms with Gasteiger partial charge in [-0.1, -0.05) is 17.8 Å². The molecule has 1 amide bonds. The number of Topliss-reactive ketones (excluding diaryl/α,β-unsaturated/α-hetero) is 1. The maximum absolute atomic E-state index is 13.1. The molecule has 2 aromatic carbocycles. The quantitative estimate of drug-likeness (QED) is 0.647. The maximum Gasteiger partial charge on any atom is 0.254 e. The fraction of sp³-hybridized carbons (Fsp3) is 0.375. The third kappa shape index (κ3) is 4.83. The zero-order chi connectivity index (χ0) is 23.9. The summed E-state index contributed by atoms with van der Waals surface area (Å²) >= 11 is 1.46. The Kier molecular flexibility index (Phi) is 6.11. The van der Waals surface area contributed by atoms with Gasteiger partial charge >= 0.3 is 0 Å². The summed E-state index contributed by atoms with van der Waals surface area (Å²) < 4.78 is 23.5. The maximum atomic E-state index is 13.1. The first-order valence-electron chi connectivity index (χ1n) is 11.2. The van der Waals surface area contributed by atoms with Crippen LogP contribution in [0.25, 0.3) is 0 Å². The predicted molar refractivity (Wildman–Crippen MR) is 136 cm³/mol. The van der Waals surface area contributed by atoms with Crippen molar-refractivity contribution in [3.8, 4) is 0 Å². The second kappa shape index (κ2) is 9.07. The Hall–Kier alpha value is -2.85. The van der Waals surface area contributed by atoms with Crippen LogP contribution in [0.5, 0.6) is 0 Å². The number of fused-ring (bicyclic) bond motifs is 1. The highest BCUT2D eigenvalue weighted by Crippen LogP contribution is 2.34. The van der Waals surface area contributed by atoms with Gasteiger partial charge < -0.3 is 15.1 Å². The fourth-order valence-electron chi connectivity index (χ4n) is 4.53. The second-order valence-electron chi connectivity index (χ2n) is 8.82. The average molecular weight is 499 g/mol. The molecule has 3 aliphatic rings. The molecule has 0 spiro atoms. The van der Waals surface area contributed by atoms with Crippen LogP contribution >= 0.6 is 11.8 Å². The van der Waals surface area contributed by atoms with E-state index in [1.165, 1.54) is 11.8 Å². The highest BCUT2D eigenvalue weighted by Gasteiger charge is 2.42. The van der Waals surface area contributed by atoms with E-state index < -0.39 is 9.84 Å². The summed E-state index contributed by atoms with van der Waals surface area (Å²) in [5.74, 6) is 0.316. The van der Waals surface area contributed by atoms with Crippen LogP contribution in [0.2, 0.25) is 0 Å². The van der Waals surface area contributed by atoms with Gasteiger partial charge in [0.05, 0.1) is 17.5 Å². The number of carbonyl (C=O) groups excluding carboxylic acids is 2. The summed E-state index contributed by atoms with van der Waals surface area (Å²) in [6, 6.07) is 14.8. The molecule has 3 heterocycles. The van der Waals surface area contributed by atoms with Crippen LogP contribution in [0.3, 0.4) is 0 Å². The summed E-state index contributed by atoms with van der Waals surface area (Å²) in [6.07, 6.45) is 0. The van der Waals surface area contributed by atoms with Crippen molar-refractivity contribution in [2.45, 2.75) is 18.2 Å². The van der Waals surface area contributed by atoms with E-state index in [-0.39, 0.29) is 34.5 Å². The highest BCUT2D eigenvalue weighted by molar-refractivity contribution is 8.15. The van der Waals surface area contributed by atoms with Crippen molar-refractivity contribution in [1.29, 1.82) is 0 Å². The van der Waals surface area contributed by atoms with Crippen LogP contribution < -0.4 is 10.2 Å². The number of rotatable bonds is 4. The molecule has 2 fully saturated rings. The van der Waals surface area contributed by atoms with Crippen LogP contribution in [0.15, 0.2) is 53.5 Å². The number of nitrogens with one attached hydrogen (secondary N) is 1. The average Bonchev–Trinajstić information content (AvgIpc) is 3.31. The number of nitrogens with zero attached hydrogens (tertiary/aromatic N) is 3. The molecule has 10 heteroatoms. The first-order chi connectivity index (χ1) is 16.3. The number of amides is 1. The normalized spacial score (nSPS) is 23.4. The molecule has 0 bridgehead atoms. The van der Waals surface area contributed by atoms with Crippen molar-refractivity contribution < 1.29 is 18.0 Å². The molecule has 2 aromatic rings. The summed E-state index contributed by atoms with van der Waals surface area (Å²) in [7, 11) is -2.98. The smallest absolute Gasteiger partial charge is 0.254 e. The summed E-state index contributed by atoms with van der Waals surface area (Å²) in [4.78, 5) is 33.2. The number of anilines is 2. The van der Waals surface area contributed by atoms with E-state index in [0.717, 1.165) is 24.5 Å². The Balaban J connectivity index is 1.19. The Labute approximate surface area is 203 Å². The minimum atomic E-state index is -2.98. The van der Waals surface area contributed by atoms with E-state index >= 15 is 0 Å². The monoisotopic (exact) mass is 498 g/mol. The van der Waals surface area contributed by atoms with Gasteiger partial charge in [-0.25, -0.2) is 8.42 Å². The van der Waals surface area contributed by atoms with Gasteiger partial charge in [-0.3, -0.25) is 14.6 Å². The van der Waals surface area contributed by atoms with E-state index in [2.05, 4.69) is 15.2 Å². The molecule has 178 valence electrons. The zero-order valence-electron chi connectivity index (χ0n) is 18.8. The first kappa shape index (κ1) is 22.9. The number of aliphatic imine (C=N–C) groups is 1. The molecular weight excluding hydrogens is 472 g/mol. The molecular formula is C24H26N4O4S2. The lowest BCUT2D eigenvalue weighted by Gasteiger charge is -2.36. The number of thioether (sulfide) groups is 1. The molecule has 8 nitrogen and oxygen atoms in total. The van der Waals surface area contributed by atoms with Gasteiger partial charge in [0.1, 0.15) is 0 Å². The summed E-state index contributed by atoms with van der Waals surface area (Å²) in [5, 5.41) is 3.94. The van der Waals surface area contributed by atoms with E-state index in [1.807, 2.05) is 53.4 Å². The first-order valence-corrected chi connectivity index (χ1v) is 13.9. The van der Waals surface area contributed by atoms with Gasteiger partial charge in [0.2, 0.25) is 0 Å². The number of amidine groups is 1. The van der Waals surface area contributed by atoms with Gasteiger partial charge in [0, 0.05) is 53.9 Å². The number of hydrogen-bond donors (Lipinski definition) is 1. The summed E-state index contributed by atoms with van der Waals surface area (Å²) in [6.45, 7) is 4.24. The third-order valence-corrected chi connectivity index (χ3v) is 9.53. The van der Waals surface area contributed by atoms with Crippen molar-refractivity contribution in [2.24, 2.45) is 4.99 Å². The number of ketones is 1. The molecule has 2 saturated heterocycles. The van der Waals surface area contributed by atoms with E-state index in [0.29, 0.717) is 29.4 Å². The van der Waals surface area contributed by atoms with Crippen LogP contribution in [0.1, 0.15) is 27.6 Å². The van der Waals surface area contributed by atoms with Gasteiger partial charge in [-0.15, -0.1) is 0 Å². The van der Waals surface area contributed by atoms with Crippen LogP contribution in [-0.2, 0) is 9.84 Å². The lowest BCUT2D eigenvalue weighted by molar-refractivity contribution is 0.0746. The SMILES string of the molecule is CC(=O)c1ccc(N2CCN(C(=O)c3cccc(NC4=N[C@@H]5CS(=O)(=O)C[C@@H]5S4)c3)CC2)cc1. The van der Waals surface area contributed by atoms with E-state index in [1.54, 1.807) is 6.92 Å². The Morgan fingerprint density at radius 2 is 1.74 bits per heavy atom. The van der Waals surface area contributed by atoms with Gasteiger partial charge in [-0.2, -0.15) is 0 Å². The molecule has 1 N–H and O–H groups in total. The van der Waals surface area contributed by atoms with Crippen molar-refractivity contribution in [1.82, 2.24) is 4.90 Å². The van der Waals surface area contributed by atoms with Crippen LogP contribution in [0.4, 0.5) is 11.4 Å². The lowest BCUT2D eigenvalue weighted by atomic mass is 10.1. The van der Waals surface area contributed by atoms with Gasteiger partial charge in [-0.05, 0) is 49.4 Å². The van der Waals surface area contributed by atoms with Crippen molar-refractivity contribution in [3.63, 3.8) is 0 Å². The molecule has 0 saturated carbocycles. The number of carbonyl (C=O) groups is 2. The van der Waals surface area contributed by atoms with Gasteiger partial charge in [0.15, 0.2) is 20.8 Å². The Bertz CT molecular complexity index is 1250. The Morgan fingerprint density at radius 1 is 1.00 bits per heavy atom. The second-order valence-corrected chi connectivity index (χ2v) is 12.2. The fourth-order valence-corrected chi connectivity index (χ4v) is 8.20. The number of benzene rings is 2. The predicted octanol–water partition coefficient (Wildman–Crippen LogP) is 2.53. The summed E-state index contributed by atoms with van der Waals surface area (Å²) in [5.41, 5.74) is 3.12. The van der Waals surface area contributed by atoms with Crippen LogP contribution in [0, 0.1) is 0 Å². The minimum Gasteiger partial charge on any atom is -0.368 e. The minimum absolute atomic E-state index is 0.0146. The molecule has 0 aliphatic carbocycles. The molecule has 0 unspecified atom stereocenters. The molecule has 34 heavy (non-hydrogen) atoms. The zero-order valence-corrected chi connectivity index (χ0v) is 20.4. The standard InChI is InChI=1S/C24H26N4O4S2/c1-16(29)17-5-7-20(8-6-17)27-9-11-28(12-10-27)23(30)18-3-2-4-19(13-18)25-24-26-21-14-34(31,32)15-22(21)33-24/h2-8,13,21-22H,9-12,14-15H2,1H3,(H,25,26)/t21-,22+/m1/s1. The topological polar surface area (TPSA) is 99.2 Å². The molecule has 5 rings (SSSR count). The third-order valence-electron chi connectivity index (χ3n) is 6.38. The van der Waals surface area contributed by atoms with Crippen molar-refractivity contribution in [2.75, 3.05) is 47.9 Å². The molecule has 2 atom stereocenters. The van der Waals surface area contributed by atoms with Crippen molar-refractivity contribution >= 4 is 49.8 Å².